The van der Waals surface area contributed by atoms with Crippen LogP contribution in [0.2, 0.25) is 0 Å². The van der Waals surface area contributed by atoms with E-state index in [2.05, 4.69) is 53.2 Å². The lowest BCUT2D eigenvalue weighted by Gasteiger charge is -2.13. The minimum atomic E-state index is -0.346. The zero-order valence-corrected chi connectivity index (χ0v) is 20.7. The van der Waals surface area contributed by atoms with Crippen molar-refractivity contribution in [2.45, 2.75) is 37.9 Å². The van der Waals surface area contributed by atoms with Gasteiger partial charge >= 0.3 is 0 Å². The third kappa shape index (κ3) is 6.40. The molecule has 0 aliphatic heterocycles. The van der Waals surface area contributed by atoms with Crippen LogP contribution in [0.1, 0.15) is 36.5 Å². The fraction of sp³-hybridized carbons (Fsp3) is 0.241. The predicted octanol–water partition coefficient (Wildman–Crippen LogP) is 7.07. The lowest BCUT2D eigenvalue weighted by molar-refractivity contribution is 0.0953. The SMILES string of the molecule is CCCCn1c(SCCCNC(=O)c2ccc(F)cc2)nc(-c2ccccc2)c1-c1ccccc1. The molecule has 4 aromatic rings. The van der Waals surface area contributed by atoms with E-state index in [1.54, 1.807) is 11.8 Å². The number of halogens is 1. The topological polar surface area (TPSA) is 46.9 Å². The minimum Gasteiger partial charge on any atom is -0.352 e. The second-order valence-electron chi connectivity index (χ2n) is 8.29. The third-order valence-electron chi connectivity index (χ3n) is 5.71. The summed E-state index contributed by atoms with van der Waals surface area (Å²) in [5.74, 6) is 0.299. The second kappa shape index (κ2) is 12.4. The van der Waals surface area contributed by atoms with Crippen LogP contribution in [0.15, 0.2) is 90.1 Å². The van der Waals surface area contributed by atoms with Crippen LogP contribution < -0.4 is 5.32 Å². The highest BCUT2D eigenvalue weighted by atomic mass is 32.2. The number of nitrogens with one attached hydrogen (secondary N) is 1. The van der Waals surface area contributed by atoms with E-state index < -0.39 is 0 Å². The van der Waals surface area contributed by atoms with Gasteiger partial charge in [0, 0.05) is 35.5 Å². The molecule has 4 rings (SSSR count). The number of aromatic nitrogens is 2. The maximum Gasteiger partial charge on any atom is 0.251 e. The van der Waals surface area contributed by atoms with Crippen molar-refractivity contribution in [3.8, 4) is 22.5 Å². The van der Waals surface area contributed by atoms with Crippen LogP contribution in [0.3, 0.4) is 0 Å². The van der Waals surface area contributed by atoms with Crippen LogP contribution in [0.25, 0.3) is 22.5 Å². The van der Waals surface area contributed by atoms with Gasteiger partial charge in [-0.1, -0.05) is 85.8 Å². The molecule has 0 aliphatic rings. The van der Waals surface area contributed by atoms with E-state index in [1.807, 2.05) is 24.3 Å². The van der Waals surface area contributed by atoms with Crippen molar-refractivity contribution in [3.63, 3.8) is 0 Å². The molecule has 1 heterocycles. The van der Waals surface area contributed by atoms with E-state index in [-0.39, 0.29) is 11.7 Å². The van der Waals surface area contributed by atoms with E-state index in [9.17, 15) is 9.18 Å². The number of benzene rings is 3. The molecule has 6 heteroatoms. The number of hydrogen-bond donors (Lipinski definition) is 1. The Morgan fingerprint density at radius 2 is 1.57 bits per heavy atom. The fourth-order valence-corrected chi connectivity index (χ4v) is 4.86. The van der Waals surface area contributed by atoms with E-state index in [0.717, 1.165) is 59.2 Å². The van der Waals surface area contributed by atoms with Crippen LogP contribution >= 0.6 is 11.8 Å². The average molecular weight is 488 g/mol. The van der Waals surface area contributed by atoms with Gasteiger partial charge in [-0.05, 0) is 37.1 Å². The first-order valence-corrected chi connectivity index (χ1v) is 13.0. The molecule has 0 radical (unpaired) electrons. The Kier molecular flexibility index (Phi) is 8.74. The van der Waals surface area contributed by atoms with Gasteiger partial charge in [0.25, 0.3) is 5.91 Å². The molecule has 1 amide bonds. The molecule has 0 saturated heterocycles. The first-order valence-electron chi connectivity index (χ1n) is 12.0. The number of carbonyl (C=O) groups is 1. The van der Waals surface area contributed by atoms with Gasteiger partial charge in [-0.15, -0.1) is 0 Å². The van der Waals surface area contributed by atoms with Crippen molar-refractivity contribution in [3.05, 3.63) is 96.3 Å². The van der Waals surface area contributed by atoms with Crippen molar-refractivity contribution in [1.29, 1.82) is 0 Å². The average Bonchev–Trinajstić information content (AvgIpc) is 3.26. The fourth-order valence-electron chi connectivity index (χ4n) is 3.89. The van der Waals surface area contributed by atoms with Crippen molar-refractivity contribution >= 4 is 17.7 Å². The van der Waals surface area contributed by atoms with Crippen LogP contribution in [0.4, 0.5) is 4.39 Å². The quantitative estimate of drug-likeness (QED) is 0.182. The molecule has 4 nitrogen and oxygen atoms in total. The Balaban J connectivity index is 1.50. The number of thioether (sulfide) groups is 1. The number of unbranched alkanes of at least 4 members (excludes halogenated alkanes) is 1. The second-order valence-corrected chi connectivity index (χ2v) is 9.36. The van der Waals surface area contributed by atoms with Crippen molar-refractivity contribution in [2.75, 3.05) is 12.3 Å². The highest BCUT2D eigenvalue weighted by Gasteiger charge is 2.20. The lowest BCUT2D eigenvalue weighted by Crippen LogP contribution is -2.24. The van der Waals surface area contributed by atoms with Gasteiger partial charge in [0.2, 0.25) is 0 Å². The van der Waals surface area contributed by atoms with Gasteiger partial charge in [0.1, 0.15) is 5.82 Å². The maximum atomic E-state index is 13.1. The molecular weight excluding hydrogens is 457 g/mol. The van der Waals surface area contributed by atoms with Gasteiger partial charge in [-0.25, -0.2) is 9.37 Å². The summed E-state index contributed by atoms with van der Waals surface area (Å²) in [7, 11) is 0. The number of amides is 1. The largest absolute Gasteiger partial charge is 0.352 e. The lowest BCUT2D eigenvalue weighted by atomic mass is 10.0. The Bertz CT molecular complexity index is 1220. The number of nitrogens with zero attached hydrogens (tertiary/aromatic N) is 2. The zero-order chi connectivity index (χ0) is 24.5. The number of imidazole rings is 1. The first-order chi connectivity index (χ1) is 17.2. The van der Waals surface area contributed by atoms with E-state index in [0.29, 0.717) is 12.1 Å². The number of hydrogen-bond acceptors (Lipinski definition) is 3. The Hall–Kier alpha value is -3.38. The summed E-state index contributed by atoms with van der Waals surface area (Å²) in [4.78, 5) is 17.4. The molecular formula is C29H30FN3OS. The van der Waals surface area contributed by atoms with E-state index in [1.165, 1.54) is 24.3 Å². The molecule has 0 fully saturated rings. The standard InChI is InChI=1S/C29H30FN3OS/c1-2-3-20-33-27(23-13-8-5-9-14-23)26(22-11-6-4-7-12-22)32-29(33)35-21-10-19-31-28(34)24-15-17-25(30)18-16-24/h4-9,11-18H,2-3,10,19-21H2,1H3,(H,31,34). The van der Waals surface area contributed by atoms with Crippen LogP contribution in [-0.4, -0.2) is 27.8 Å². The molecule has 0 bridgehead atoms. The smallest absolute Gasteiger partial charge is 0.251 e. The molecule has 0 spiro atoms. The minimum absolute atomic E-state index is 0.183. The molecule has 1 N–H and O–H groups in total. The molecule has 0 saturated carbocycles. The molecule has 1 aromatic heterocycles. The monoisotopic (exact) mass is 487 g/mol. The van der Waals surface area contributed by atoms with Crippen molar-refractivity contribution in [2.24, 2.45) is 0 Å². The van der Waals surface area contributed by atoms with Gasteiger partial charge in [-0.3, -0.25) is 4.79 Å². The number of rotatable bonds is 11. The molecule has 0 aliphatic carbocycles. The zero-order valence-electron chi connectivity index (χ0n) is 19.9. The van der Waals surface area contributed by atoms with Crippen LogP contribution in [-0.2, 0) is 6.54 Å². The summed E-state index contributed by atoms with van der Waals surface area (Å²) in [6.45, 7) is 3.66. The molecule has 0 unspecified atom stereocenters. The van der Waals surface area contributed by atoms with E-state index >= 15 is 0 Å². The van der Waals surface area contributed by atoms with Crippen LogP contribution in [0.5, 0.6) is 0 Å². The summed E-state index contributed by atoms with van der Waals surface area (Å²) in [6.07, 6.45) is 2.98. The molecule has 0 atom stereocenters. The molecule has 35 heavy (non-hydrogen) atoms. The Morgan fingerprint density at radius 1 is 0.914 bits per heavy atom. The van der Waals surface area contributed by atoms with E-state index in [4.69, 9.17) is 4.98 Å². The normalized spacial score (nSPS) is 10.9. The molecule has 3 aromatic carbocycles. The van der Waals surface area contributed by atoms with Crippen molar-refractivity contribution in [1.82, 2.24) is 14.9 Å². The molecule has 180 valence electrons. The van der Waals surface area contributed by atoms with Gasteiger partial charge in [-0.2, -0.15) is 0 Å². The van der Waals surface area contributed by atoms with Gasteiger partial charge in [0.05, 0.1) is 11.4 Å². The summed E-state index contributed by atoms with van der Waals surface area (Å²) in [5, 5.41) is 3.92. The summed E-state index contributed by atoms with van der Waals surface area (Å²) in [6, 6.07) is 26.4. The summed E-state index contributed by atoms with van der Waals surface area (Å²) in [5.41, 5.74) is 4.88. The van der Waals surface area contributed by atoms with Gasteiger partial charge < -0.3 is 9.88 Å². The highest BCUT2D eigenvalue weighted by molar-refractivity contribution is 7.99. The third-order valence-corrected chi connectivity index (χ3v) is 6.77. The van der Waals surface area contributed by atoms with Crippen LogP contribution in [0, 0.1) is 5.82 Å². The maximum absolute atomic E-state index is 13.1. The Labute approximate surface area is 210 Å². The predicted molar refractivity (Wildman–Crippen MR) is 142 cm³/mol. The Morgan fingerprint density at radius 3 is 2.23 bits per heavy atom. The summed E-state index contributed by atoms with van der Waals surface area (Å²) < 4.78 is 15.4. The van der Waals surface area contributed by atoms with Crippen molar-refractivity contribution < 1.29 is 9.18 Å². The number of carbonyl (C=O) groups excluding carboxylic acids is 1. The first kappa shape index (κ1) is 24.7. The summed E-state index contributed by atoms with van der Waals surface area (Å²) >= 11 is 1.72. The highest BCUT2D eigenvalue weighted by Crippen LogP contribution is 2.36. The van der Waals surface area contributed by atoms with Gasteiger partial charge in [0.15, 0.2) is 5.16 Å².